The van der Waals surface area contributed by atoms with Crippen LogP contribution in [-0.2, 0) is 0 Å². The zero-order valence-corrected chi connectivity index (χ0v) is 11.4. The number of carbonyl (C=O) groups excluding carboxylic acids is 1. The van der Waals surface area contributed by atoms with Crippen molar-refractivity contribution in [2.24, 2.45) is 0 Å². The molecule has 0 aliphatic heterocycles. The van der Waals surface area contributed by atoms with E-state index in [4.69, 9.17) is 4.74 Å². The molecule has 1 aromatic rings. The summed E-state index contributed by atoms with van der Waals surface area (Å²) in [6, 6.07) is 8.98. The summed E-state index contributed by atoms with van der Waals surface area (Å²) in [7, 11) is 0. The molecule has 0 unspecified atom stereocenters. The summed E-state index contributed by atoms with van der Waals surface area (Å²) in [5.41, 5.74) is 0. The van der Waals surface area contributed by atoms with E-state index in [9.17, 15) is 9.18 Å². The number of benzene rings is 1. The van der Waals surface area contributed by atoms with Gasteiger partial charge in [0.25, 0.3) is 0 Å². The van der Waals surface area contributed by atoms with Gasteiger partial charge in [0.05, 0.1) is 12.7 Å². The minimum Gasteiger partial charge on any atom is -0.489 e. The van der Waals surface area contributed by atoms with Crippen molar-refractivity contribution in [1.29, 1.82) is 0 Å². The van der Waals surface area contributed by atoms with Gasteiger partial charge in [-0.05, 0) is 32.4 Å². The summed E-state index contributed by atoms with van der Waals surface area (Å²) in [6.45, 7) is 3.66. The molecular weight excluding hydrogens is 247 g/mol. The Bertz CT molecular complexity index is 373. The van der Waals surface area contributed by atoms with Gasteiger partial charge >= 0.3 is 6.03 Å². The third-order valence-corrected chi connectivity index (χ3v) is 2.72. The molecule has 0 aliphatic carbocycles. The Kier molecular flexibility index (Phi) is 6.71. The average molecular weight is 268 g/mol. The van der Waals surface area contributed by atoms with Crippen LogP contribution in [0.15, 0.2) is 30.3 Å². The van der Waals surface area contributed by atoms with Crippen molar-refractivity contribution in [2.45, 2.75) is 32.4 Å². The predicted octanol–water partition coefficient (Wildman–Crippen LogP) is 2.50. The van der Waals surface area contributed by atoms with Crippen molar-refractivity contribution in [3.8, 4) is 5.75 Å². The summed E-state index contributed by atoms with van der Waals surface area (Å²) in [4.78, 5) is 11.5. The van der Waals surface area contributed by atoms with Crippen LogP contribution in [0.3, 0.4) is 0 Å². The first-order chi connectivity index (χ1) is 9.13. The molecule has 2 amide bonds. The molecule has 0 spiro atoms. The van der Waals surface area contributed by atoms with E-state index in [-0.39, 0.29) is 18.2 Å². The lowest BCUT2D eigenvalue weighted by Crippen LogP contribution is -2.47. The SMILES string of the molecule is C[C@H](NC(=O)NCCCF)[C@H](C)Oc1ccccc1. The molecule has 4 nitrogen and oxygen atoms in total. The number of nitrogens with one attached hydrogen (secondary N) is 2. The molecule has 19 heavy (non-hydrogen) atoms. The van der Waals surface area contributed by atoms with Crippen molar-refractivity contribution >= 4 is 6.03 Å². The Morgan fingerprint density at radius 1 is 1.32 bits per heavy atom. The molecule has 5 heteroatoms. The van der Waals surface area contributed by atoms with Gasteiger partial charge in [-0.25, -0.2) is 4.79 Å². The lowest BCUT2D eigenvalue weighted by atomic mass is 10.2. The van der Waals surface area contributed by atoms with Crippen molar-refractivity contribution in [3.05, 3.63) is 30.3 Å². The lowest BCUT2D eigenvalue weighted by molar-refractivity contribution is 0.175. The molecule has 1 rings (SSSR count). The second-order valence-electron chi connectivity index (χ2n) is 4.37. The average Bonchev–Trinajstić information content (AvgIpc) is 2.40. The van der Waals surface area contributed by atoms with Crippen LogP contribution in [0.2, 0.25) is 0 Å². The van der Waals surface area contributed by atoms with E-state index in [0.29, 0.717) is 13.0 Å². The highest BCUT2D eigenvalue weighted by Crippen LogP contribution is 2.12. The summed E-state index contributed by atoms with van der Waals surface area (Å²) >= 11 is 0. The van der Waals surface area contributed by atoms with E-state index >= 15 is 0 Å². The molecule has 0 fully saturated rings. The van der Waals surface area contributed by atoms with E-state index < -0.39 is 6.67 Å². The maximum absolute atomic E-state index is 11.9. The summed E-state index contributed by atoms with van der Waals surface area (Å²) in [6.07, 6.45) is 0.173. The Hall–Kier alpha value is -1.78. The normalized spacial score (nSPS) is 13.4. The number of hydrogen-bond acceptors (Lipinski definition) is 2. The number of halogens is 1. The highest BCUT2D eigenvalue weighted by molar-refractivity contribution is 5.74. The number of urea groups is 1. The number of hydrogen-bond donors (Lipinski definition) is 2. The quantitative estimate of drug-likeness (QED) is 0.746. The van der Waals surface area contributed by atoms with Crippen LogP contribution in [0.4, 0.5) is 9.18 Å². The van der Waals surface area contributed by atoms with Gasteiger partial charge in [0, 0.05) is 6.54 Å². The molecule has 0 aliphatic rings. The van der Waals surface area contributed by atoms with Gasteiger partial charge in [-0.1, -0.05) is 18.2 Å². The molecule has 2 atom stereocenters. The monoisotopic (exact) mass is 268 g/mol. The molecule has 1 aromatic carbocycles. The van der Waals surface area contributed by atoms with Crippen LogP contribution >= 0.6 is 0 Å². The van der Waals surface area contributed by atoms with Crippen molar-refractivity contribution in [3.63, 3.8) is 0 Å². The third kappa shape index (κ3) is 6.08. The lowest BCUT2D eigenvalue weighted by Gasteiger charge is -2.22. The minimum absolute atomic E-state index is 0.148. The number of ether oxygens (including phenoxy) is 1. The third-order valence-electron chi connectivity index (χ3n) is 2.72. The number of amides is 2. The fraction of sp³-hybridized carbons (Fsp3) is 0.500. The standard InChI is InChI=1S/C14H21FN2O2/c1-11(17-14(18)16-10-6-9-15)12(2)19-13-7-4-3-5-8-13/h3-5,7-8,11-12H,6,9-10H2,1-2H3,(H2,16,17,18)/t11-,12-/m0/s1. The van der Waals surface area contributed by atoms with E-state index in [1.165, 1.54) is 0 Å². The number of carbonyl (C=O) groups is 1. The van der Waals surface area contributed by atoms with Crippen molar-refractivity contribution in [1.82, 2.24) is 10.6 Å². The van der Waals surface area contributed by atoms with Gasteiger partial charge in [0.15, 0.2) is 0 Å². The van der Waals surface area contributed by atoms with Crippen molar-refractivity contribution in [2.75, 3.05) is 13.2 Å². The fourth-order valence-electron chi connectivity index (χ4n) is 1.46. The van der Waals surface area contributed by atoms with Crippen molar-refractivity contribution < 1.29 is 13.9 Å². The zero-order chi connectivity index (χ0) is 14.1. The number of rotatable bonds is 7. The topological polar surface area (TPSA) is 50.4 Å². The van der Waals surface area contributed by atoms with Gasteiger partial charge in [-0.3, -0.25) is 4.39 Å². The summed E-state index contributed by atoms with van der Waals surface area (Å²) < 4.78 is 17.6. The van der Waals surface area contributed by atoms with E-state index in [0.717, 1.165) is 5.75 Å². The Balaban J connectivity index is 2.32. The zero-order valence-electron chi connectivity index (χ0n) is 11.4. The van der Waals surface area contributed by atoms with Crippen LogP contribution in [0.25, 0.3) is 0 Å². The molecule has 0 saturated carbocycles. The van der Waals surface area contributed by atoms with Gasteiger partial charge in [-0.2, -0.15) is 0 Å². The van der Waals surface area contributed by atoms with Crippen LogP contribution in [0.5, 0.6) is 5.75 Å². The maximum atomic E-state index is 11.9. The smallest absolute Gasteiger partial charge is 0.315 e. The molecule has 0 aromatic heterocycles. The molecule has 2 N–H and O–H groups in total. The van der Waals surface area contributed by atoms with E-state index in [1.54, 1.807) is 0 Å². The largest absolute Gasteiger partial charge is 0.489 e. The number of alkyl halides is 1. The van der Waals surface area contributed by atoms with Crippen LogP contribution in [0, 0.1) is 0 Å². The minimum atomic E-state index is -0.427. The molecular formula is C14H21FN2O2. The first kappa shape index (κ1) is 15.3. The maximum Gasteiger partial charge on any atom is 0.315 e. The second-order valence-corrected chi connectivity index (χ2v) is 4.37. The van der Waals surface area contributed by atoms with Crippen LogP contribution in [-0.4, -0.2) is 31.4 Å². The Morgan fingerprint density at radius 3 is 2.63 bits per heavy atom. The first-order valence-corrected chi connectivity index (χ1v) is 6.45. The fourth-order valence-corrected chi connectivity index (χ4v) is 1.46. The van der Waals surface area contributed by atoms with E-state index in [1.807, 2.05) is 44.2 Å². The molecule has 0 bridgehead atoms. The first-order valence-electron chi connectivity index (χ1n) is 6.45. The van der Waals surface area contributed by atoms with E-state index in [2.05, 4.69) is 10.6 Å². The summed E-state index contributed by atoms with van der Waals surface area (Å²) in [5, 5.41) is 5.35. The molecule has 0 radical (unpaired) electrons. The van der Waals surface area contributed by atoms with Gasteiger partial charge < -0.3 is 15.4 Å². The highest BCUT2D eigenvalue weighted by atomic mass is 19.1. The highest BCUT2D eigenvalue weighted by Gasteiger charge is 2.15. The van der Waals surface area contributed by atoms with Gasteiger partial charge in [0.1, 0.15) is 11.9 Å². The Morgan fingerprint density at radius 2 is 2.00 bits per heavy atom. The Labute approximate surface area is 113 Å². The second kappa shape index (κ2) is 8.34. The van der Waals surface area contributed by atoms with Gasteiger partial charge in [-0.15, -0.1) is 0 Å². The van der Waals surface area contributed by atoms with Gasteiger partial charge in [0.2, 0.25) is 0 Å². The predicted molar refractivity (Wildman–Crippen MR) is 73.1 cm³/mol. The molecule has 0 heterocycles. The van der Waals surface area contributed by atoms with Crippen LogP contribution in [0.1, 0.15) is 20.3 Å². The van der Waals surface area contributed by atoms with Crippen LogP contribution < -0.4 is 15.4 Å². The number of para-hydroxylation sites is 1. The molecule has 0 saturated heterocycles. The summed E-state index contributed by atoms with van der Waals surface area (Å²) in [5.74, 6) is 0.765. The molecule has 106 valence electrons.